The number of rotatable bonds is 3. The number of esters is 1. The quantitative estimate of drug-likeness (QED) is 0.656. The lowest BCUT2D eigenvalue weighted by molar-refractivity contribution is 0.0602. The van der Waals surface area contributed by atoms with Crippen LogP contribution in [-0.2, 0) is 4.74 Å². The molecule has 4 heteroatoms. The number of ether oxygens (including phenoxy) is 1. The van der Waals surface area contributed by atoms with E-state index in [4.69, 9.17) is 10.5 Å². The normalized spacial score (nSPS) is 20.7. The zero-order valence-electron chi connectivity index (χ0n) is 12.7. The zero-order valence-corrected chi connectivity index (χ0v) is 12.7. The maximum Gasteiger partial charge on any atom is 0.340 e. The van der Waals surface area contributed by atoms with Gasteiger partial charge in [-0.2, -0.15) is 0 Å². The molecule has 0 bridgehead atoms. The highest BCUT2D eigenvalue weighted by Gasteiger charge is 2.30. The van der Waals surface area contributed by atoms with E-state index >= 15 is 0 Å². The van der Waals surface area contributed by atoms with Crippen molar-refractivity contribution in [2.45, 2.75) is 46.1 Å². The molecule has 0 aromatic heterocycles. The van der Waals surface area contributed by atoms with Crippen LogP contribution < -0.4 is 11.1 Å². The van der Waals surface area contributed by atoms with Gasteiger partial charge in [0.05, 0.1) is 12.7 Å². The number of benzene rings is 1. The van der Waals surface area contributed by atoms with E-state index in [1.54, 1.807) is 6.07 Å². The van der Waals surface area contributed by atoms with Crippen LogP contribution in [0.4, 0.5) is 11.4 Å². The van der Waals surface area contributed by atoms with Crippen LogP contribution in [-0.4, -0.2) is 19.1 Å². The Hall–Kier alpha value is -1.71. The maximum absolute atomic E-state index is 11.7. The third-order valence-electron chi connectivity index (χ3n) is 4.13. The van der Waals surface area contributed by atoms with Gasteiger partial charge in [-0.3, -0.25) is 0 Å². The van der Waals surface area contributed by atoms with Gasteiger partial charge in [0, 0.05) is 17.4 Å². The predicted octanol–water partition coefficient (Wildman–Crippen LogP) is 3.35. The van der Waals surface area contributed by atoms with Gasteiger partial charge < -0.3 is 15.8 Å². The summed E-state index contributed by atoms with van der Waals surface area (Å²) in [7, 11) is 1.37. The molecule has 0 spiro atoms. The molecule has 0 radical (unpaired) electrons. The van der Waals surface area contributed by atoms with Crippen LogP contribution in [0.25, 0.3) is 0 Å². The van der Waals surface area contributed by atoms with Crippen LogP contribution in [0.3, 0.4) is 0 Å². The molecule has 0 amide bonds. The number of anilines is 2. The SMILES string of the molecule is COC(=O)c1cc(NC2CCC(C)(C)C2)cc(C)c1N. The largest absolute Gasteiger partial charge is 0.465 e. The molecule has 1 atom stereocenters. The van der Waals surface area contributed by atoms with Crippen molar-refractivity contribution in [2.24, 2.45) is 5.41 Å². The highest BCUT2D eigenvalue weighted by molar-refractivity contribution is 5.97. The number of carbonyl (C=O) groups is 1. The van der Waals surface area contributed by atoms with Gasteiger partial charge >= 0.3 is 5.97 Å². The summed E-state index contributed by atoms with van der Waals surface area (Å²) in [5, 5.41) is 3.52. The Morgan fingerprint density at radius 1 is 1.45 bits per heavy atom. The van der Waals surface area contributed by atoms with Crippen LogP contribution in [0, 0.1) is 12.3 Å². The monoisotopic (exact) mass is 276 g/mol. The van der Waals surface area contributed by atoms with Crippen LogP contribution in [0.1, 0.15) is 49.0 Å². The maximum atomic E-state index is 11.7. The summed E-state index contributed by atoms with van der Waals surface area (Å²) in [6.07, 6.45) is 3.52. The van der Waals surface area contributed by atoms with Crippen molar-refractivity contribution in [3.8, 4) is 0 Å². The summed E-state index contributed by atoms with van der Waals surface area (Å²) in [6, 6.07) is 4.24. The number of nitrogen functional groups attached to an aromatic ring is 1. The number of hydrogen-bond acceptors (Lipinski definition) is 4. The van der Waals surface area contributed by atoms with E-state index < -0.39 is 0 Å². The van der Waals surface area contributed by atoms with Gasteiger partial charge in [-0.15, -0.1) is 0 Å². The minimum atomic E-state index is -0.388. The smallest absolute Gasteiger partial charge is 0.340 e. The van der Waals surface area contributed by atoms with E-state index in [0.29, 0.717) is 22.7 Å². The first-order chi connectivity index (χ1) is 9.32. The highest BCUT2D eigenvalue weighted by atomic mass is 16.5. The van der Waals surface area contributed by atoms with E-state index in [1.807, 2.05) is 13.0 Å². The number of nitrogens with two attached hydrogens (primary N) is 1. The molecule has 1 aliphatic rings. The summed E-state index contributed by atoms with van der Waals surface area (Å²) < 4.78 is 4.78. The van der Waals surface area contributed by atoms with Gasteiger partial charge in [0.25, 0.3) is 0 Å². The van der Waals surface area contributed by atoms with Crippen LogP contribution in [0.5, 0.6) is 0 Å². The van der Waals surface area contributed by atoms with Gasteiger partial charge in [0.2, 0.25) is 0 Å². The second kappa shape index (κ2) is 5.35. The minimum absolute atomic E-state index is 0.388. The Balaban J connectivity index is 2.21. The van der Waals surface area contributed by atoms with Crippen molar-refractivity contribution in [3.63, 3.8) is 0 Å². The molecule has 1 unspecified atom stereocenters. The fraction of sp³-hybridized carbons (Fsp3) is 0.562. The van der Waals surface area contributed by atoms with Gasteiger partial charge in [-0.1, -0.05) is 13.8 Å². The molecule has 0 aliphatic heterocycles. The average molecular weight is 276 g/mol. The van der Waals surface area contributed by atoms with E-state index in [1.165, 1.54) is 13.5 Å². The standard InChI is InChI=1S/C16H24N2O2/c1-10-7-12(8-13(14(10)17)15(19)20-4)18-11-5-6-16(2,3)9-11/h7-8,11,18H,5-6,9,17H2,1-4H3. The van der Waals surface area contributed by atoms with Crippen molar-refractivity contribution in [2.75, 3.05) is 18.2 Å². The van der Waals surface area contributed by atoms with E-state index in [9.17, 15) is 4.79 Å². The molecular formula is C16H24N2O2. The van der Waals surface area contributed by atoms with Crippen LogP contribution >= 0.6 is 0 Å². The molecule has 1 aliphatic carbocycles. The van der Waals surface area contributed by atoms with Crippen LogP contribution in [0.15, 0.2) is 12.1 Å². The molecule has 110 valence electrons. The number of methoxy groups -OCH3 is 1. The molecular weight excluding hydrogens is 252 g/mol. The molecule has 3 N–H and O–H groups in total. The van der Waals surface area contributed by atoms with Gasteiger partial charge in [-0.05, 0) is 49.3 Å². The lowest BCUT2D eigenvalue weighted by Crippen LogP contribution is -2.18. The number of aryl methyl sites for hydroxylation is 1. The fourth-order valence-corrected chi connectivity index (χ4v) is 2.96. The molecule has 20 heavy (non-hydrogen) atoms. The van der Waals surface area contributed by atoms with Gasteiger partial charge in [0.15, 0.2) is 0 Å². The Morgan fingerprint density at radius 2 is 2.15 bits per heavy atom. The minimum Gasteiger partial charge on any atom is -0.465 e. The third-order valence-corrected chi connectivity index (χ3v) is 4.13. The number of nitrogens with one attached hydrogen (secondary N) is 1. The van der Waals surface area contributed by atoms with Crippen LogP contribution in [0.2, 0.25) is 0 Å². The summed E-state index contributed by atoms with van der Waals surface area (Å²) in [6.45, 7) is 6.50. The summed E-state index contributed by atoms with van der Waals surface area (Å²) >= 11 is 0. The topological polar surface area (TPSA) is 64.3 Å². The first kappa shape index (κ1) is 14.7. The Labute approximate surface area is 120 Å². The summed E-state index contributed by atoms with van der Waals surface area (Å²) in [5.41, 5.74) is 9.12. The lowest BCUT2D eigenvalue weighted by atomic mass is 9.92. The number of hydrogen-bond donors (Lipinski definition) is 2. The predicted molar refractivity (Wildman–Crippen MR) is 82.0 cm³/mol. The molecule has 4 nitrogen and oxygen atoms in total. The summed E-state index contributed by atoms with van der Waals surface area (Å²) in [4.78, 5) is 11.7. The summed E-state index contributed by atoms with van der Waals surface area (Å²) in [5.74, 6) is -0.388. The van der Waals surface area contributed by atoms with Crippen molar-refractivity contribution in [1.82, 2.24) is 0 Å². The molecule has 0 saturated heterocycles. The highest BCUT2D eigenvalue weighted by Crippen LogP contribution is 2.38. The molecule has 2 rings (SSSR count). The lowest BCUT2D eigenvalue weighted by Gasteiger charge is -2.19. The van der Waals surface area contributed by atoms with E-state index in [-0.39, 0.29) is 5.97 Å². The Bertz CT molecular complexity index is 523. The molecule has 1 aromatic carbocycles. The number of carbonyl (C=O) groups excluding carboxylic acids is 1. The molecule has 1 fully saturated rings. The van der Waals surface area contributed by atoms with Crippen molar-refractivity contribution < 1.29 is 9.53 Å². The molecule has 1 saturated carbocycles. The van der Waals surface area contributed by atoms with E-state index in [0.717, 1.165) is 24.1 Å². The van der Waals surface area contributed by atoms with Crippen molar-refractivity contribution in [1.29, 1.82) is 0 Å². The van der Waals surface area contributed by atoms with E-state index in [2.05, 4.69) is 19.2 Å². The first-order valence-corrected chi connectivity index (χ1v) is 7.07. The third kappa shape index (κ3) is 3.06. The second-order valence-electron chi connectivity index (χ2n) is 6.49. The fourth-order valence-electron chi connectivity index (χ4n) is 2.96. The average Bonchev–Trinajstić information content (AvgIpc) is 2.72. The van der Waals surface area contributed by atoms with Crippen molar-refractivity contribution >= 4 is 17.3 Å². The zero-order chi connectivity index (χ0) is 14.9. The first-order valence-electron chi connectivity index (χ1n) is 7.07. The van der Waals surface area contributed by atoms with Gasteiger partial charge in [-0.25, -0.2) is 4.79 Å². The molecule has 1 aromatic rings. The molecule has 0 heterocycles. The second-order valence-corrected chi connectivity index (χ2v) is 6.49. The Kier molecular flexibility index (Phi) is 3.93. The van der Waals surface area contributed by atoms with Gasteiger partial charge in [0.1, 0.15) is 0 Å². The Morgan fingerprint density at radius 3 is 2.70 bits per heavy atom. The van der Waals surface area contributed by atoms with Crippen molar-refractivity contribution in [3.05, 3.63) is 23.3 Å².